The molecule has 98 valence electrons. The van der Waals surface area contributed by atoms with Crippen LogP contribution in [0.25, 0.3) is 0 Å². The number of carbonyl (C=O) groups is 2. The van der Waals surface area contributed by atoms with Crippen molar-refractivity contribution in [3.05, 3.63) is 0 Å². The van der Waals surface area contributed by atoms with Gasteiger partial charge in [-0.05, 0) is 31.9 Å². The van der Waals surface area contributed by atoms with E-state index in [0.717, 1.165) is 25.7 Å². The Labute approximate surface area is 106 Å². The summed E-state index contributed by atoms with van der Waals surface area (Å²) < 4.78 is 0. The van der Waals surface area contributed by atoms with E-state index in [9.17, 15) is 9.59 Å². The highest BCUT2D eigenvalue weighted by atomic mass is 32.2. The predicted octanol–water partition coefficient (Wildman–Crippen LogP) is -0.0205. The van der Waals surface area contributed by atoms with Crippen molar-refractivity contribution in [3.63, 3.8) is 0 Å². The molecule has 0 bridgehead atoms. The van der Waals surface area contributed by atoms with E-state index in [2.05, 4.69) is 11.6 Å². The largest absolute Gasteiger partial charge is 0.370 e. The number of hydrogen-bond donors (Lipinski definition) is 3. The average molecular weight is 259 g/mol. The minimum atomic E-state index is -0.814. The molecule has 0 aromatic rings. The summed E-state index contributed by atoms with van der Waals surface area (Å²) in [5.74, 6) is -0.810. The average Bonchev–Trinajstić information content (AvgIpc) is 2.29. The molecule has 0 heterocycles. The first kappa shape index (κ1) is 14.3. The van der Waals surface area contributed by atoms with Crippen LogP contribution in [0.4, 0.5) is 0 Å². The lowest BCUT2D eigenvalue weighted by Gasteiger charge is -2.28. The molecule has 1 rings (SSSR count). The van der Waals surface area contributed by atoms with Crippen molar-refractivity contribution < 1.29 is 9.59 Å². The number of nitrogens with one attached hydrogen (secondary N) is 1. The Hall–Kier alpha value is -0.750. The third-order valence-electron chi connectivity index (χ3n) is 3.11. The summed E-state index contributed by atoms with van der Waals surface area (Å²) in [7, 11) is 0. The van der Waals surface area contributed by atoms with Gasteiger partial charge in [0.15, 0.2) is 0 Å². The van der Waals surface area contributed by atoms with Gasteiger partial charge in [0.25, 0.3) is 0 Å². The summed E-state index contributed by atoms with van der Waals surface area (Å²) in [5, 5.41) is 3.60. The molecular formula is C11H21N3O2S. The van der Waals surface area contributed by atoms with Crippen molar-refractivity contribution in [2.75, 3.05) is 6.26 Å². The predicted molar refractivity (Wildman–Crippen MR) is 69.5 cm³/mol. The van der Waals surface area contributed by atoms with Gasteiger partial charge in [-0.1, -0.05) is 0 Å². The van der Waals surface area contributed by atoms with Crippen LogP contribution in [0, 0.1) is 0 Å². The van der Waals surface area contributed by atoms with Gasteiger partial charge in [0, 0.05) is 11.3 Å². The molecule has 1 atom stereocenters. The van der Waals surface area contributed by atoms with Crippen molar-refractivity contribution in [1.82, 2.24) is 5.32 Å². The molecule has 2 amide bonds. The summed E-state index contributed by atoms with van der Waals surface area (Å²) in [6.45, 7) is 0. The van der Waals surface area contributed by atoms with Gasteiger partial charge in [-0.25, -0.2) is 0 Å². The quantitative estimate of drug-likeness (QED) is 0.646. The maximum atomic E-state index is 11.6. The van der Waals surface area contributed by atoms with Crippen LogP contribution in [-0.2, 0) is 9.59 Å². The molecule has 5 N–H and O–H groups in total. The number of rotatable bonds is 5. The fourth-order valence-corrected chi connectivity index (χ4v) is 2.80. The lowest BCUT2D eigenvalue weighted by Crippen LogP contribution is -2.48. The van der Waals surface area contributed by atoms with Crippen molar-refractivity contribution in [2.45, 2.75) is 49.4 Å². The summed E-state index contributed by atoms with van der Waals surface area (Å²) in [6, 6.07) is -0.615. The van der Waals surface area contributed by atoms with Gasteiger partial charge in [-0.15, -0.1) is 0 Å². The van der Waals surface area contributed by atoms with Crippen molar-refractivity contribution >= 4 is 23.6 Å². The van der Waals surface area contributed by atoms with E-state index in [0.29, 0.717) is 5.25 Å². The fourth-order valence-electron chi connectivity index (χ4n) is 2.06. The SMILES string of the molecule is CSC1CCC(NC(=O)C(N)CC(N)=O)CC1. The zero-order chi connectivity index (χ0) is 12.8. The molecule has 1 saturated carbocycles. The van der Waals surface area contributed by atoms with Crippen molar-refractivity contribution in [3.8, 4) is 0 Å². The highest BCUT2D eigenvalue weighted by Gasteiger charge is 2.24. The lowest BCUT2D eigenvalue weighted by atomic mass is 9.94. The molecule has 1 aliphatic carbocycles. The number of carbonyl (C=O) groups excluding carboxylic acids is 2. The van der Waals surface area contributed by atoms with Gasteiger partial charge in [0.05, 0.1) is 12.5 Å². The number of primary amides is 1. The van der Waals surface area contributed by atoms with E-state index in [1.54, 1.807) is 0 Å². The first-order chi connectivity index (χ1) is 8.02. The molecular weight excluding hydrogens is 238 g/mol. The van der Waals surface area contributed by atoms with Crippen LogP contribution in [0.3, 0.4) is 0 Å². The van der Waals surface area contributed by atoms with Crippen molar-refractivity contribution in [1.29, 1.82) is 0 Å². The minimum Gasteiger partial charge on any atom is -0.370 e. The molecule has 1 unspecified atom stereocenters. The molecule has 17 heavy (non-hydrogen) atoms. The Bertz CT molecular complexity index is 278. The Kier molecular flexibility index (Phi) is 5.77. The molecule has 0 aromatic carbocycles. The summed E-state index contributed by atoms with van der Waals surface area (Å²) in [6.07, 6.45) is 6.24. The second-order valence-electron chi connectivity index (χ2n) is 4.49. The highest BCUT2D eigenvalue weighted by Crippen LogP contribution is 2.26. The first-order valence-electron chi connectivity index (χ1n) is 5.90. The number of thioether (sulfide) groups is 1. The smallest absolute Gasteiger partial charge is 0.237 e. The second kappa shape index (κ2) is 6.86. The summed E-state index contributed by atoms with van der Waals surface area (Å²) in [5.41, 5.74) is 10.6. The molecule has 6 heteroatoms. The Morgan fingerprint density at radius 1 is 1.35 bits per heavy atom. The van der Waals surface area contributed by atoms with E-state index in [1.165, 1.54) is 0 Å². The topological polar surface area (TPSA) is 98.2 Å². The molecule has 0 spiro atoms. The van der Waals surface area contributed by atoms with Gasteiger partial charge < -0.3 is 16.8 Å². The first-order valence-corrected chi connectivity index (χ1v) is 7.18. The Morgan fingerprint density at radius 3 is 2.41 bits per heavy atom. The van der Waals surface area contributed by atoms with Crippen LogP contribution in [0.5, 0.6) is 0 Å². The normalized spacial score (nSPS) is 26.2. The van der Waals surface area contributed by atoms with Gasteiger partial charge in [0.1, 0.15) is 0 Å². The van der Waals surface area contributed by atoms with Crippen LogP contribution in [-0.4, -0.2) is 35.4 Å². The van der Waals surface area contributed by atoms with Gasteiger partial charge in [0.2, 0.25) is 11.8 Å². The van der Waals surface area contributed by atoms with E-state index >= 15 is 0 Å². The third-order valence-corrected chi connectivity index (χ3v) is 4.25. The van der Waals surface area contributed by atoms with Gasteiger partial charge >= 0.3 is 0 Å². The third kappa shape index (κ3) is 4.95. The number of hydrogen-bond acceptors (Lipinski definition) is 4. The second-order valence-corrected chi connectivity index (χ2v) is 5.63. The zero-order valence-electron chi connectivity index (χ0n) is 10.1. The van der Waals surface area contributed by atoms with Crippen LogP contribution >= 0.6 is 11.8 Å². The van der Waals surface area contributed by atoms with Crippen LogP contribution in [0.2, 0.25) is 0 Å². The minimum absolute atomic E-state index is 0.0913. The zero-order valence-corrected chi connectivity index (χ0v) is 11.0. The van der Waals surface area contributed by atoms with Gasteiger partial charge in [-0.2, -0.15) is 11.8 Å². The molecule has 0 saturated heterocycles. The van der Waals surface area contributed by atoms with E-state index in [-0.39, 0.29) is 18.4 Å². The maximum absolute atomic E-state index is 11.6. The van der Waals surface area contributed by atoms with Crippen molar-refractivity contribution in [2.24, 2.45) is 11.5 Å². The molecule has 0 aliphatic heterocycles. The molecule has 1 fully saturated rings. The number of nitrogens with two attached hydrogens (primary N) is 2. The summed E-state index contributed by atoms with van der Waals surface area (Å²) in [4.78, 5) is 22.3. The fraction of sp³-hybridized carbons (Fsp3) is 0.818. The maximum Gasteiger partial charge on any atom is 0.237 e. The van der Waals surface area contributed by atoms with Gasteiger partial charge in [-0.3, -0.25) is 9.59 Å². The van der Waals surface area contributed by atoms with Crippen LogP contribution in [0.15, 0.2) is 0 Å². The highest BCUT2D eigenvalue weighted by molar-refractivity contribution is 7.99. The monoisotopic (exact) mass is 259 g/mol. The lowest BCUT2D eigenvalue weighted by molar-refractivity contribution is -0.127. The number of amides is 2. The van der Waals surface area contributed by atoms with Crippen LogP contribution in [0.1, 0.15) is 32.1 Å². The molecule has 1 aliphatic rings. The van der Waals surface area contributed by atoms with E-state index < -0.39 is 11.9 Å². The van der Waals surface area contributed by atoms with E-state index in [4.69, 9.17) is 11.5 Å². The standard InChI is InChI=1S/C11H21N3O2S/c1-17-8-4-2-7(3-5-8)14-11(16)9(12)6-10(13)15/h7-9H,2-6,12H2,1H3,(H2,13,15)(H,14,16). The molecule has 5 nitrogen and oxygen atoms in total. The van der Waals surface area contributed by atoms with E-state index in [1.807, 2.05) is 11.8 Å². The van der Waals surface area contributed by atoms with Crippen LogP contribution < -0.4 is 16.8 Å². The molecule has 0 radical (unpaired) electrons. The summed E-state index contributed by atoms with van der Waals surface area (Å²) >= 11 is 1.88. The molecule has 0 aromatic heterocycles. The Balaban J connectivity index is 2.30. The Morgan fingerprint density at radius 2 is 1.94 bits per heavy atom.